The van der Waals surface area contributed by atoms with Gasteiger partial charge in [-0.3, -0.25) is 4.79 Å². The van der Waals surface area contributed by atoms with E-state index < -0.39 is 23.6 Å². The van der Waals surface area contributed by atoms with Gasteiger partial charge in [0.25, 0.3) is 5.91 Å². The van der Waals surface area contributed by atoms with Crippen molar-refractivity contribution < 1.29 is 32.2 Å². The van der Waals surface area contributed by atoms with E-state index in [1.54, 1.807) is 13.0 Å². The molecule has 0 saturated heterocycles. The summed E-state index contributed by atoms with van der Waals surface area (Å²) >= 11 is 6.15. The molecule has 2 aromatic carbocycles. The Bertz CT molecular complexity index is 1000. The van der Waals surface area contributed by atoms with Gasteiger partial charge in [-0.05, 0) is 42.8 Å². The minimum Gasteiger partial charge on any atom is -0.480 e. The number of halogens is 4. The number of amides is 1. The second-order valence-corrected chi connectivity index (χ2v) is 6.46. The van der Waals surface area contributed by atoms with E-state index in [-0.39, 0.29) is 35.2 Å². The summed E-state index contributed by atoms with van der Waals surface area (Å²) in [5.74, 6) is -0.793. The van der Waals surface area contributed by atoms with E-state index in [9.17, 15) is 22.8 Å². The van der Waals surface area contributed by atoms with Gasteiger partial charge in [-0.2, -0.15) is 13.2 Å². The van der Waals surface area contributed by atoms with Gasteiger partial charge in [0.2, 0.25) is 0 Å². The molecule has 152 valence electrons. The van der Waals surface area contributed by atoms with Crippen LogP contribution in [0.25, 0.3) is 11.6 Å². The average Bonchev–Trinajstić information content (AvgIpc) is 2.95. The van der Waals surface area contributed by atoms with Crippen LogP contribution in [-0.2, 0) is 20.5 Å². The number of alkyl halides is 3. The molecule has 0 fully saturated rings. The van der Waals surface area contributed by atoms with Gasteiger partial charge < -0.3 is 14.8 Å². The molecule has 0 bridgehead atoms. The van der Waals surface area contributed by atoms with Gasteiger partial charge in [0.05, 0.1) is 17.2 Å². The number of nitrogens with one attached hydrogen (secondary N) is 1. The first kappa shape index (κ1) is 20.7. The molecular weight excluding hydrogens is 411 g/mol. The van der Waals surface area contributed by atoms with E-state index in [0.29, 0.717) is 11.1 Å². The fraction of sp³-hybridized carbons (Fsp3) is 0.200. The van der Waals surface area contributed by atoms with Gasteiger partial charge in [0, 0.05) is 16.8 Å². The van der Waals surface area contributed by atoms with E-state index in [1.165, 1.54) is 24.3 Å². The van der Waals surface area contributed by atoms with Crippen LogP contribution in [0.3, 0.4) is 0 Å². The lowest BCUT2D eigenvalue weighted by molar-refractivity contribution is -0.145. The summed E-state index contributed by atoms with van der Waals surface area (Å²) in [6, 6.07) is 7.72. The standard InChI is InChI=1S/C20H15ClF3NO4/c1-2-28-18(26)10-29-17-6-3-11(8-15(17)21)7-14-13-5-4-12(20(22,23)24)9-16(13)25-19(14)27/h3-9H,2,10H2,1H3,(H,25,27)/b14-7-. The van der Waals surface area contributed by atoms with Gasteiger partial charge >= 0.3 is 12.1 Å². The molecule has 0 spiro atoms. The SMILES string of the molecule is CCOC(=O)COc1ccc(/C=C2\C(=O)Nc3cc(C(F)(F)F)ccc32)cc1Cl. The second kappa shape index (κ2) is 8.16. The molecule has 1 amide bonds. The molecule has 1 heterocycles. The minimum absolute atomic E-state index is 0.0940. The first-order valence-electron chi connectivity index (χ1n) is 8.51. The van der Waals surface area contributed by atoms with Crippen LogP contribution in [0.4, 0.5) is 18.9 Å². The summed E-state index contributed by atoms with van der Waals surface area (Å²) in [4.78, 5) is 23.6. The highest BCUT2D eigenvalue weighted by atomic mass is 35.5. The first-order valence-corrected chi connectivity index (χ1v) is 8.89. The third-order valence-corrected chi connectivity index (χ3v) is 4.34. The van der Waals surface area contributed by atoms with Crippen molar-refractivity contribution in [3.63, 3.8) is 0 Å². The van der Waals surface area contributed by atoms with Crippen molar-refractivity contribution in [2.75, 3.05) is 18.5 Å². The Labute approximate surface area is 169 Å². The molecule has 0 unspecified atom stereocenters. The fourth-order valence-electron chi connectivity index (χ4n) is 2.74. The fourth-order valence-corrected chi connectivity index (χ4v) is 2.99. The zero-order valence-electron chi connectivity index (χ0n) is 15.1. The Morgan fingerprint density at radius 1 is 1.21 bits per heavy atom. The largest absolute Gasteiger partial charge is 0.480 e. The molecule has 2 aromatic rings. The number of ether oxygens (including phenoxy) is 2. The predicted octanol–water partition coefficient (Wildman–Crippen LogP) is 4.79. The van der Waals surface area contributed by atoms with Gasteiger partial charge in [-0.1, -0.05) is 23.7 Å². The van der Waals surface area contributed by atoms with E-state index in [0.717, 1.165) is 12.1 Å². The van der Waals surface area contributed by atoms with Crippen molar-refractivity contribution in [3.05, 3.63) is 58.1 Å². The molecule has 29 heavy (non-hydrogen) atoms. The maximum Gasteiger partial charge on any atom is 0.416 e. The molecule has 5 nitrogen and oxygen atoms in total. The Hall–Kier alpha value is -3.00. The third kappa shape index (κ3) is 4.71. The minimum atomic E-state index is -4.50. The average molecular weight is 426 g/mol. The van der Waals surface area contributed by atoms with E-state index in [2.05, 4.69) is 5.32 Å². The van der Waals surface area contributed by atoms with Crippen LogP contribution in [0.5, 0.6) is 5.75 Å². The Kier molecular flexibility index (Phi) is 5.83. The lowest BCUT2D eigenvalue weighted by Crippen LogP contribution is -2.14. The van der Waals surface area contributed by atoms with Gasteiger partial charge in [0.15, 0.2) is 6.61 Å². The molecule has 0 radical (unpaired) electrons. The van der Waals surface area contributed by atoms with Crippen LogP contribution >= 0.6 is 11.6 Å². The Morgan fingerprint density at radius 3 is 2.62 bits per heavy atom. The van der Waals surface area contributed by atoms with Crippen LogP contribution in [-0.4, -0.2) is 25.1 Å². The van der Waals surface area contributed by atoms with Gasteiger partial charge in [-0.25, -0.2) is 4.79 Å². The summed E-state index contributed by atoms with van der Waals surface area (Å²) in [6.45, 7) is 1.61. The Balaban J connectivity index is 1.83. The molecule has 0 saturated carbocycles. The maximum atomic E-state index is 12.9. The zero-order chi connectivity index (χ0) is 21.2. The molecule has 0 atom stereocenters. The number of carbonyl (C=O) groups excluding carboxylic acids is 2. The van der Waals surface area contributed by atoms with Crippen LogP contribution in [0, 0.1) is 0 Å². The number of carbonyl (C=O) groups is 2. The van der Waals surface area contributed by atoms with Crippen molar-refractivity contribution in [2.24, 2.45) is 0 Å². The van der Waals surface area contributed by atoms with E-state index in [1.807, 2.05) is 0 Å². The molecule has 1 aliphatic rings. The summed E-state index contributed by atoms with van der Waals surface area (Å²) in [5.41, 5.74) is 0.364. The van der Waals surface area contributed by atoms with E-state index >= 15 is 0 Å². The highest BCUT2D eigenvalue weighted by molar-refractivity contribution is 6.35. The topological polar surface area (TPSA) is 64.6 Å². The number of hydrogen-bond donors (Lipinski definition) is 1. The molecule has 3 rings (SSSR count). The van der Waals surface area contributed by atoms with E-state index in [4.69, 9.17) is 21.1 Å². The highest BCUT2D eigenvalue weighted by Crippen LogP contribution is 2.38. The summed E-state index contributed by atoms with van der Waals surface area (Å²) in [5, 5.41) is 2.64. The molecule has 0 aromatic heterocycles. The zero-order valence-corrected chi connectivity index (χ0v) is 15.9. The first-order chi connectivity index (χ1) is 13.7. The lowest BCUT2D eigenvalue weighted by Gasteiger charge is -2.09. The number of fused-ring (bicyclic) bond motifs is 1. The van der Waals surface area contributed by atoms with Crippen LogP contribution in [0.1, 0.15) is 23.6 Å². The summed E-state index contributed by atoms with van der Waals surface area (Å²) in [6.07, 6.45) is -2.99. The normalized spacial score (nSPS) is 14.5. The van der Waals surface area contributed by atoms with Crippen LogP contribution < -0.4 is 10.1 Å². The number of anilines is 1. The van der Waals surface area contributed by atoms with Crippen molar-refractivity contribution in [1.82, 2.24) is 0 Å². The molecule has 1 aliphatic heterocycles. The summed E-state index contributed by atoms with van der Waals surface area (Å²) < 4.78 is 48.6. The van der Waals surface area contributed by atoms with Crippen molar-refractivity contribution in [2.45, 2.75) is 13.1 Å². The molecule has 9 heteroatoms. The highest BCUT2D eigenvalue weighted by Gasteiger charge is 2.33. The monoisotopic (exact) mass is 425 g/mol. The van der Waals surface area contributed by atoms with Crippen molar-refractivity contribution in [1.29, 1.82) is 0 Å². The maximum absolute atomic E-state index is 12.9. The number of esters is 1. The Morgan fingerprint density at radius 2 is 1.97 bits per heavy atom. The third-order valence-electron chi connectivity index (χ3n) is 4.05. The molecule has 0 aliphatic carbocycles. The number of hydrogen-bond acceptors (Lipinski definition) is 4. The molecule has 1 N–H and O–H groups in total. The predicted molar refractivity (Wildman–Crippen MR) is 102 cm³/mol. The van der Waals surface area contributed by atoms with Crippen molar-refractivity contribution in [3.8, 4) is 5.75 Å². The van der Waals surface area contributed by atoms with Gasteiger partial charge in [0.1, 0.15) is 5.75 Å². The summed E-state index contributed by atoms with van der Waals surface area (Å²) in [7, 11) is 0. The van der Waals surface area contributed by atoms with Gasteiger partial charge in [-0.15, -0.1) is 0 Å². The number of rotatable bonds is 5. The van der Waals surface area contributed by atoms with Crippen LogP contribution in [0.2, 0.25) is 5.02 Å². The van der Waals surface area contributed by atoms with Crippen LogP contribution in [0.15, 0.2) is 36.4 Å². The quantitative estimate of drug-likeness (QED) is 0.552. The number of benzene rings is 2. The second-order valence-electron chi connectivity index (χ2n) is 6.05. The smallest absolute Gasteiger partial charge is 0.416 e. The van der Waals surface area contributed by atoms with Crippen molar-refractivity contribution >= 4 is 40.8 Å². The molecular formula is C20H15ClF3NO4. The lowest BCUT2D eigenvalue weighted by atomic mass is 10.0.